The number of aliphatic hydroxyl groups is 1. The molecule has 0 radical (unpaired) electrons. The smallest absolute Gasteiger partial charge is 0.280 e. The van der Waals surface area contributed by atoms with Crippen LogP contribution in [0, 0.1) is 12.7 Å². The van der Waals surface area contributed by atoms with Gasteiger partial charge in [-0.3, -0.25) is 4.79 Å². The molecule has 4 heterocycles. The number of nitrogens with one attached hydrogen (secondary N) is 1. The number of aryl methyl sites for hydroxylation is 1. The van der Waals surface area contributed by atoms with Gasteiger partial charge in [-0.25, -0.2) is 19.3 Å². The molecule has 4 aromatic heterocycles. The highest BCUT2D eigenvalue weighted by molar-refractivity contribution is 7.17. The SMILES string of the molecule is Cc1cnn(-c2cc3c(cn2)nc(-c2ccccc2F)n3[C@@H]2CCC[C@H](NC(=O)c3ncc(Cl)s3)[C@H]2O)n1. The van der Waals surface area contributed by atoms with Gasteiger partial charge in [-0.05, 0) is 38.3 Å². The summed E-state index contributed by atoms with van der Waals surface area (Å²) in [5.74, 6) is -0.00698. The number of aliphatic hydroxyl groups excluding tert-OH is 1. The lowest BCUT2D eigenvalue weighted by Gasteiger charge is -2.36. The number of carbonyl (C=O) groups excluding carboxylic acids is 1. The summed E-state index contributed by atoms with van der Waals surface area (Å²) in [5.41, 5.74) is 2.21. The van der Waals surface area contributed by atoms with E-state index in [1.54, 1.807) is 36.7 Å². The van der Waals surface area contributed by atoms with E-state index < -0.39 is 29.9 Å². The fraction of sp³-hybridized carbons (Fsp3) is 0.280. The Morgan fingerprint density at radius 2 is 2.05 bits per heavy atom. The van der Waals surface area contributed by atoms with Crippen LogP contribution in [0.25, 0.3) is 28.2 Å². The van der Waals surface area contributed by atoms with Crippen LogP contribution in [0.3, 0.4) is 0 Å². The number of aromatic nitrogens is 7. The third-order valence-electron chi connectivity index (χ3n) is 6.63. The quantitative estimate of drug-likeness (QED) is 0.336. The number of hydrogen-bond acceptors (Lipinski definition) is 8. The normalized spacial score (nSPS) is 19.6. The van der Waals surface area contributed by atoms with Crippen molar-refractivity contribution in [2.45, 2.75) is 44.4 Å². The number of halogens is 2. The molecule has 13 heteroatoms. The molecule has 1 aromatic carbocycles. The summed E-state index contributed by atoms with van der Waals surface area (Å²) >= 11 is 7.01. The summed E-state index contributed by atoms with van der Waals surface area (Å²) in [6.07, 6.45) is 5.55. The Morgan fingerprint density at radius 1 is 1.21 bits per heavy atom. The number of amides is 1. The maximum absolute atomic E-state index is 15.0. The van der Waals surface area contributed by atoms with Gasteiger partial charge in [0, 0.05) is 6.07 Å². The van der Waals surface area contributed by atoms with Gasteiger partial charge in [-0.1, -0.05) is 35.1 Å². The van der Waals surface area contributed by atoms with Crippen LogP contribution >= 0.6 is 22.9 Å². The minimum absolute atomic E-state index is 0.224. The number of pyridine rings is 1. The van der Waals surface area contributed by atoms with E-state index in [1.807, 2.05) is 11.5 Å². The van der Waals surface area contributed by atoms with Gasteiger partial charge in [0.25, 0.3) is 5.91 Å². The number of thiazole rings is 1. The third-order valence-corrected chi connectivity index (χ3v) is 7.74. The van der Waals surface area contributed by atoms with Crippen LogP contribution in [0.1, 0.15) is 40.8 Å². The molecule has 1 fully saturated rings. The molecule has 10 nitrogen and oxygen atoms in total. The average Bonchev–Trinajstić information content (AvgIpc) is 3.63. The molecule has 194 valence electrons. The topological polar surface area (TPSA) is 124 Å². The predicted octanol–water partition coefficient (Wildman–Crippen LogP) is 4.12. The van der Waals surface area contributed by atoms with E-state index in [9.17, 15) is 9.90 Å². The Balaban J connectivity index is 1.44. The molecule has 0 aliphatic heterocycles. The van der Waals surface area contributed by atoms with Crippen molar-refractivity contribution < 1.29 is 14.3 Å². The third kappa shape index (κ3) is 4.44. The Hall–Kier alpha value is -3.74. The average molecular weight is 553 g/mol. The monoisotopic (exact) mass is 552 g/mol. The molecule has 0 saturated heterocycles. The van der Waals surface area contributed by atoms with Gasteiger partial charge in [0.1, 0.15) is 21.5 Å². The standard InChI is InChI=1S/C25H22ClFN8O2S/c1-13-10-30-35(33-13)21-9-19-17(11-28-21)31-23(14-5-2-3-6-15(14)27)34(19)18-8-4-7-16(22(18)36)32-24(37)25-29-12-20(26)38-25/h2-3,5-6,9-12,16,18,22,36H,4,7-8H2,1H3,(H,32,37)/t16-,18+,22+/m0/s1. The molecule has 2 N–H and O–H groups in total. The lowest BCUT2D eigenvalue weighted by atomic mass is 9.87. The number of rotatable bonds is 5. The second kappa shape index (κ2) is 9.86. The van der Waals surface area contributed by atoms with E-state index in [2.05, 4.69) is 25.5 Å². The van der Waals surface area contributed by atoms with Gasteiger partial charge < -0.3 is 15.0 Å². The van der Waals surface area contributed by atoms with Gasteiger partial charge in [-0.15, -0.1) is 4.80 Å². The van der Waals surface area contributed by atoms with Gasteiger partial charge in [0.2, 0.25) is 0 Å². The number of benzene rings is 1. The minimum atomic E-state index is -0.979. The molecule has 38 heavy (non-hydrogen) atoms. The highest BCUT2D eigenvalue weighted by Crippen LogP contribution is 2.37. The first-order valence-electron chi connectivity index (χ1n) is 12.0. The fourth-order valence-electron chi connectivity index (χ4n) is 4.90. The van der Waals surface area contributed by atoms with Crippen molar-refractivity contribution in [3.8, 4) is 17.2 Å². The van der Waals surface area contributed by atoms with Crippen molar-refractivity contribution in [2.24, 2.45) is 0 Å². The highest BCUT2D eigenvalue weighted by Gasteiger charge is 2.37. The summed E-state index contributed by atoms with van der Waals surface area (Å²) in [4.78, 5) is 27.4. The van der Waals surface area contributed by atoms with Crippen LogP contribution in [0.4, 0.5) is 4.39 Å². The number of imidazole rings is 1. The van der Waals surface area contributed by atoms with E-state index in [-0.39, 0.29) is 5.01 Å². The van der Waals surface area contributed by atoms with Crippen LogP contribution in [0.2, 0.25) is 4.34 Å². The molecule has 0 spiro atoms. The minimum Gasteiger partial charge on any atom is -0.389 e. The zero-order valence-electron chi connectivity index (χ0n) is 20.1. The van der Waals surface area contributed by atoms with E-state index in [4.69, 9.17) is 16.6 Å². The van der Waals surface area contributed by atoms with Gasteiger partial charge >= 0.3 is 0 Å². The maximum atomic E-state index is 15.0. The number of carbonyl (C=O) groups is 1. The van der Waals surface area contributed by atoms with Crippen molar-refractivity contribution in [2.75, 3.05) is 0 Å². The molecule has 1 amide bonds. The summed E-state index contributed by atoms with van der Waals surface area (Å²) in [6, 6.07) is 7.10. The highest BCUT2D eigenvalue weighted by atomic mass is 35.5. The van der Waals surface area contributed by atoms with E-state index in [0.717, 1.165) is 23.5 Å². The number of hydrogen-bond donors (Lipinski definition) is 2. The Bertz CT molecular complexity index is 1650. The molecule has 0 unspecified atom stereocenters. The van der Waals surface area contributed by atoms with Crippen LogP contribution < -0.4 is 5.32 Å². The van der Waals surface area contributed by atoms with E-state index in [0.29, 0.717) is 45.4 Å². The van der Waals surface area contributed by atoms with Crippen LogP contribution in [0.5, 0.6) is 0 Å². The Kier molecular flexibility index (Phi) is 6.38. The molecule has 1 saturated carbocycles. The van der Waals surface area contributed by atoms with Crippen molar-refractivity contribution in [3.05, 3.63) is 69.8 Å². The van der Waals surface area contributed by atoms with Gasteiger partial charge in [0.15, 0.2) is 10.8 Å². The van der Waals surface area contributed by atoms with E-state index in [1.165, 1.54) is 17.1 Å². The lowest BCUT2D eigenvalue weighted by Crippen LogP contribution is -2.49. The molecule has 5 aromatic rings. The summed E-state index contributed by atoms with van der Waals surface area (Å²) < 4.78 is 17.3. The maximum Gasteiger partial charge on any atom is 0.280 e. The molecule has 1 aliphatic carbocycles. The molecular formula is C25H22ClFN8O2S. The first kappa shape index (κ1) is 24.6. The van der Waals surface area contributed by atoms with Crippen molar-refractivity contribution >= 4 is 39.9 Å². The predicted molar refractivity (Wildman–Crippen MR) is 140 cm³/mol. The van der Waals surface area contributed by atoms with Gasteiger partial charge in [0.05, 0.1) is 53.6 Å². The summed E-state index contributed by atoms with van der Waals surface area (Å²) in [5, 5.41) is 23.3. The molecule has 1 aliphatic rings. The number of fused-ring (bicyclic) bond motifs is 1. The van der Waals surface area contributed by atoms with Crippen molar-refractivity contribution in [1.29, 1.82) is 0 Å². The van der Waals surface area contributed by atoms with Crippen LogP contribution in [-0.4, -0.2) is 57.7 Å². The largest absolute Gasteiger partial charge is 0.389 e. The van der Waals surface area contributed by atoms with E-state index >= 15 is 4.39 Å². The van der Waals surface area contributed by atoms with Gasteiger partial charge in [-0.2, -0.15) is 10.2 Å². The fourth-order valence-corrected chi connectivity index (χ4v) is 5.72. The second-order valence-electron chi connectivity index (χ2n) is 9.13. The Morgan fingerprint density at radius 3 is 2.79 bits per heavy atom. The van der Waals surface area contributed by atoms with Crippen LogP contribution in [0.15, 0.2) is 48.9 Å². The molecule has 6 rings (SSSR count). The number of nitrogens with zero attached hydrogens (tertiary/aromatic N) is 7. The molecular weight excluding hydrogens is 531 g/mol. The zero-order chi connectivity index (χ0) is 26.4. The first-order chi connectivity index (χ1) is 18.4. The zero-order valence-corrected chi connectivity index (χ0v) is 21.7. The Labute approximate surface area is 225 Å². The molecule has 0 bridgehead atoms. The summed E-state index contributed by atoms with van der Waals surface area (Å²) in [7, 11) is 0. The first-order valence-corrected chi connectivity index (χ1v) is 13.2. The van der Waals surface area contributed by atoms with Crippen LogP contribution in [-0.2, 0) is 0 Å². The second-order valence-corrected chi connectivity index (χ2v) is 10.8. The summed E-state index contributed by atoms with van der Waals surface area (Å²) in [6.45, 7) is 1.83. The lowest BCUT2D eigenvalue weighted by molar-refractivity contribution is 0.0417. The molecule has 3 atom stereocenters. The van der Waals surface area contributed by atoms with Crippen molar-refractivity contribution in [3.63, 3.8) is 0 Å². The van der Waals surface area contributed by atoms with Crippen molar-refractivity contribution in [1.82, 2.24) is 39.8 Å².